The lowest BCUT2D eigenvalue weighted by atomic mass is 10.1. The standard InChI is InChI=1S/C27H29N5O/c1-4-33-22-9-11-25-24(16-22)20(17-29-25)6-5-7-27-28-13-12-21(30-27)14-19-8-10-23-18(2)32(3)31-26(23)15-19/h8-13,15-17,29H,4-7,14H2,1-3H3. The molecule has 0 fully saturated rings. The maximum atomic E-state index is 5.67. The zero-order chi connectivity index (χ0) is 22.8. The van der Waals surface area contributed by atoms with E-state index in [1.807, 2.05) is 37.0 Å². The number of aryl methyl sites for hydroxylation is 4. The van der Waals surface area contributed by atoms with Crippen molar-refractivity contribution in [3.05, 3.63) is 83.2 Å². The number of benzene rings is 2. The molecule has 0 spiro atoms. The fraction of sp³-hybridized carbons (Fsp3) is 0.296. The largest absolute Gasteiger partial charge is 0.494 e. The van der Waals surface area contributed by atoms with Crippen LogP contribution in [0.25, 0.3) is 21.8 Å². The van der Waals surface area contributed by atoms with Gasteiger partial charge in [0.15, 0.2) is 0 Å². The van der Waals surface area contributed by atoms with Crippen molar-refractivity contribution in [3.63, 3.8) is 0 Å². The Labute approximate surface area is 193 Å². The Balaban J connectivity index is 1.25. The first-order chi connectivity index (χ1) is 16.1. The Morgan fingerprint density at radius 1 is 1.03 bits per heavy atom. The van der Waals surface area contributed by atoms with Crippen LogP contribution in [-0.2, 0) is 26.3 Å². The minimum atomic E-state index is 0.675. The van der Waals surface area contributed by atoms with E-state index in [0.717, 1.165) is 54.0 Å². The van der Waals surface area contributed by atoms with Crippen molar-refractivity contribution in [2.75, 3.05) is 6.61 Å². The Morgan fingerprint density at radius 3 is 2.82 bits per heavy atom. The molecule has 5 aromatic rings. The minimum Gasteiger partial charge on any atom is -0.494 e. The summed E-state index contributed by atoms with van der Waals surface area (Å²) < 4.78 is 7.60. The Hall–Kier alpha value is -3.67. The first-order valence-electron chi connectivity index (χ1n) is 11.6. The third-order valence-electron chi connectivity index (χ3n) is 6.24. The number of nitrogens with one attached hydrogen (secondary N) is 1. The predicted octanol–water partition coefficient (Wildman–Crippen LogP) is 5.32. The van der Waals surface area contributed by atoms with Gasteiger partial charge in [0, 0.05) is 60.0 Å². The summed E-state index contributed by atoms with van der Waals surface area (Å²) in [5, 5.41) is 7.04. The molecule has 33 heavy (non-hydrogen) atoms. The van der Waals surface area contributed by atoms with E-state index in [2.05, 4.69) is 58.5 Å². The second-order valence-corrected chi connectivity index (χ2v) is 8.51. The van der Waals surface area contributed by atoms with Gasteiger partial charge in [-0.2, -0.15) is 5.10 Å². The number of H-pyrrole nitrogens is 1. The molecular weight excluding hydrogens is 410 g/mol. The average molecular weight is 440 g/mol. The summed E-state index contributed by atoms with van der Waals surface area (Å²) in [7, 11) is 1.99. The number of nitrogens with zero attached hydrogens (tertiary/aromatic N) is 4. The van der Waals surface area contributed by atoms with E-state index in [1.54, 1.807) is 0 Å². The number of hydrogen-bond donors (Lipinski definition) is 1. The molecule has 0 bridgehead atoms. The third kappa shape index (κ3) is 4.46. The van der Waals surface area contributed by atoms with Crippen LogP contribution in [0.5, 0.6) is 5.75 Å². The van der Waals surface area contributed by atoms with Crippen LogP contribution < -0.4 is 4.74 Å². The summed E-state index contributed by atoms with van der Waals surface area (Å²) in [6.45, 7) is 4.78. The molecule has 3 aromatic heterocycles. The van der Waals surface area contributed by atoms with Crippen molar-refractivity contribution in [1.82, 2.24) is 24.7 Å². The summed E-state index contributed by atoms with van der Waals surface area (Å²) in [5.74, 6) is 1.82. The van der Waals surface area contributed by atoms with Crippen LogP contribution in [0.15, 0.2) is 54.9 Å². The van der Waals surface area contributed by atoms with Gasteiger partial charge in [-0.3, -0.25) is 4.68 Å². The molecule has 0 unspecified atom stereocenters. The number of ether oxygens (including phenoxy) is 1. The molecule has 0 aliphatic rings. The number of aromatic nitrogens is 5. The molecule has 168 valence electrons. The van der Waals surface area contributed by atoms with Crippen molar-refractivity contribution in [3.8, 4) is 5.75 Å². The quantitative estimate of drug-likeness (QED) is 0.355. The van der Waals surface area contributed by atoms with Crippen LogP contribution in [0.2, 0.25) is 0 Å². The number of aromatic amines is 1. The van der Waals surface area contributed by atoms with Crippen molar-refractivity contribution < 1.29 is 4.74 Å². The fourth-order valence-electron chi connectivity index (χ4n) is 4.41. The van der Waals surface area contributed by atoms with Crippen molar-refractivity contribution >= 4 is 21.8 Å². The first-order valence-corrected chi connectivity index (χ1v) is 11.6. The highest BCUT2D eigenvalue weighted by Crippen LogP contribution is 2.25. The normalized spacial score (nSPS) is 11.5. The summed E-state index contributed by atoms with van der Waals surface area (Å²) >= 11 is 0. The monoisotopic (exact) mass is 439 g/mol. The highest BCUT2D eigenvalue weighted by atomic mass is 16.5. The summed E-state index contributed by atoms with van der Waals surface area (Å²) in [6.07, 6.45) is 7.58. The molecule has 6 nitrogen and oxygen atoms in total. The van der Waals surface area contributed by atoms with Gasteiger partial charge in [0.1, 0.15) is 11.6 Å². The van der Waals surface area contributed by atoms with Gasteiger partial charge in [-0.05, 0) is 68.1 Å². The van der Waals surface area contributed by atoms with Crippen molar-refractivity contribution in [2.24, 2.45) is 7.05 Å². The van der Waals surface area contributed by atoms with Gasteiger partial charge in [0.25, 0.3) is 0 Å². The van der Waals surface area contributed by atoms with Gasteiger partial charge in [-0.1, -0.05) is 12.1 Å². The van der Waals surface area contributed by atoms with E-state index < -0.39 is 0 Å². The number of fused-ring (bicyclic) bond motifs is 2. The second-order valence-electron chi connectivity index (χ2n) is 8.51. The van der Waals surface area contributed by atoms with E-state index in [-0.39, 0.29) is 0 Å². The molecule has 0 atom stereocenters. The highest BCUT2D eigenvalue weighted by molar-refractivity contribution is 5.84. The molecule has 0 amide bonds. The van der Waals surface area contributed by atoms with E-state index in [1.165, 1.54) is 27.6 Å². The zero-order valence-corrected chi connectivity index (χ0v) is 19.4. The third-order valence-corrected chi connectivity index (χ3v) is 6.24. The van der Waals surface area contributed by atoms with E-state index >= 15 is 0 Å². The molecule has 0 aliphatic heterocycles. The Bertz CT molecular complexity index is 1420. The van der Waals surface area contributed by atoms with Gasteiger partial charge in [0.05, 0.1) is 12.1 Å². The topological polar surface area (TPSA) is 68.6 Å². The first kappa shape index (κ1) is 21.2. The molecule has 0 aliphatic carbocycles. The van der Waals surface area contributed by atoms with Crippen LogP contribution in [0.4, 0.5) is 0 Å². The Kier molecular flexibility index (Phi) is 5.82. The second kappa shape index (κ2) is 9.06. The SMILES string of the molecule is CCOc1ccc2[nH]cc(CCCc3nccc(Cc4ccc5c(C)n(C)nc5c4)n3)c2c1. The summed E-state index contributed by atoms with van der Waals surface area (Å²) in [5.41, 5.74) is 6.93. The van der Waals surface area contributed by atoms with Crippen molar-refractivity contribution in [2.45, 2.75) is 39.5 Å². The van der Waals surface area contributed by atoms with Gasteiger partial charge in [-0.25, -0.2) is 9.97 Å². The van der Waals surface area contributed by atoms with Gasteiger partial charge < -0.3 is 9.72 Å². The molecule has 3 heterocycles. The molecule has 5 rings (SSSR count). The smallest absolute Gasteiger partial charge is 0.128 e. The molecule has 6 heteroatoms. The lowest BCUT2D eigenvalue weighted by molar-refractivity contribution is 0.340. The molecular formula is C27H29N5O. The molecule has 0 saturated carbocycles. The summed E-state index contributed by atoms with van der Waals surface area (Å²) in [4.78, 5) is 12.7. The fourth-order valence-corrected chi connectivity index (χ4v) is 4.41. The van der Waals surface area contributed by atoms with Crippen LogP contribution >= 0.6 is 0 Å². The zero-order valence-electron chi connectivity index (χ0n) is 19.4. The minimum absolute atomic E-state index is 0.675. The van der Waals surface area contributed by atoms with E-state index in [9.17, 15) is 0 Å². The molecule has 0 radical (unpaired) electrons. The van der Waals surface area contributed by atoms with Gasteiger partial charge in [0.2, 0.25) is 0 Å². The van der Waals surface area contributed by atoms with Gasteiger partial charge in [-0.15, -0.1) is 0 Å². The predicted molar refractivity (Wildman–Crippen MR) is 132 cm³/mol. The number of rotatable bonds is 8. The van der Waals surface area contributed by atoms with E-state index in [4.69, 9.17) is 9.72 Å². The van der Waals surface area contributed by atoms with Crippen LogP contribution in [0, 0.1) is 6.92 Å². The van der Waals surface area contributed by atoms with Gasteiger partial charge >= 0.3 is 0 Å². The van der Waals surface area contributed by atoms with Crippen LogP contribution in [0.3, 0.4) is 0 Å². The maximum Gasteiger partial charge on any atom is 0.128 e. The maximum absolute atomic E-state index is 5.67. The average Bonchev–Trinajstić information content (AvgIpc) is 3.34. The molecule has 2 aromatic carbocycles. The molecule has 0 saturated heterocycles. The Morgan fingerprint density at radius 2 is 1.94 bits per heavy atom. The van der Waals surface area contributed by atoms with Crippen LogP contribution in [-0.4, -0.2) is 31.3 Å². The highest BCUT2D eigenvalue weighted by Gasteiger charge is 2.09. The van der Waals surface area contributed by atoms with Crippen LogP contribution in [0.1, 0.15) is 41.7 Å². The van der Waals surface area contributed by atoms with E-state index in [0.29, 0.717) is 6.61 Å². The molecule has 1 N–H and O–H groups in total. The van der Waals surface area contributed by atoms with Crippen molar-refractivity contribution in [1.29, 1.82) is 0 Å². The lowest BCUT2D eigenvalue weighted by Crippen LogP contribution is -2.01. The summed E-state index contributed by atoms with van der Waals surface area (Å²) in [6, 6.07) is 14.7. The number of hydrogen-bond acceptors (Lipinski definition) is 4. The lowest BCUT2D eigenvalue weighted by Gasteiger charge is -2.06.